The Kier molecular flexibility index (Phi) is 5.19. The molecule has 0 amide bonds. The lowest BCUT2D eigenvalue weighted by molar-refractivity contribution is -0.384. The number of hydrogen-bond donors (Lipinski definition) is 1. The van der Waals surface area contributed by atoms with Gasteiger partial charge < -0.3 is 9.84 Å². The number of nitro benzene ring substituents is 1. The lowest BCUT2D eigenvalue weighted by atomic mass is 10.2. The van der Waals surface area contributed by atoms with E-state index in [-0.39, 0.29) is 12.3 Å². The largest absolute Gasteiger partial charge is 0.496 e. The fourth-order valence-corrected chi connectivity index (χ4v) is 2.84. The number of aliphatic hydroxyl groups is 1. The second-order valence-electron chi connectivity index (χ2n) is 4.35. The summed E-state index contributed by atoms with van der Waals surface area (Å²) in [7, 11) is 1.54. The molecular formula is C15H15NO4S. The number of benzene rings is 2. The van der Waals surface area contributed by atoms with Crippen LogP contribution in [-0.2, 0) is 12.4 Å². The van der Waals surface area contributed by atoms with Crippen LogP contribution in [0.25, 0.3) is 0 Å². The minimum atomic E-state index is -0.417. The lowest BCUT2D eigenvalue weighted by Gasteiger charge is -2.08. The molecule has 0 bridgehead atoms. The van der Waals surface area contributed by atoms with Gasteiger partial charge in [-0.15, -0.1) is 11.8 Å². The Hall–Kier alpha value is -2.05. The first-order valence-electron chi connectivity index (χ1n) is 6.28. The van der Waals surface area contributed by atoms with Crippen molar-refractivity contribution in [3.05, 3.63) is 63.7 Å². The zero-order valence-electron chi connectivity index (χ0n) is 11.5. The van der Waals surface area contributed by atoms with E-state index < -0.39 is 4.92 Å². The van der Waals surface area contributed by atoms with E-state index in [4.69, 9.17) is 9.84 Å². The van der Waals surface area contributed by atoms with Crippen LogP contribution in [-0.4, -0.2) is 17.1 Å². The van der Waals surface area contributed by atoms with E-state index in [1.54, 1.807) is 13.2 Å². The number of non-ortho nitro benzene ring substituents is 1. The van der Waals surface area contributed by atoms with Crippen LogP contribution < -0.4 is 4.74 Å². The van der Waals surface area contributed by atoms with Crippen LogP contribution in [0, 0.1) is 10.1 Å². The molecule has 5 nitrogen and oxygen atoms in total. The molecule has 2 aromatic rings. The third-order valence-corrected chi connectivity index (χ3v) is 3.99. The Morgan fingerprint density at radius 2 is 2.10 bits per heavy atom. The summed E-state index contributed by atoms with van der Waals surface area (Å²) in [6.07, 6.45) is 0. The molecule has 0 unspecified atom stereocenters. The second kappa shape index (κ2) is 7.10. The van der Waals surface area contributed by atoms with E-state index in [1.165, 1.54) is 23.9 Å². The fourth-order valence-electron chi connectivity index (χ4n) is 1.89. The predicted octanol–water partition coefficient (Wildman–Crippen LogP) is 3.39. The van der Waals surface area contributed by atoms with Gasteiger partial charge in [0, 0.05) is 28.3 Å². The number of nitrogens with zero attached hydrogens (tertiary/aromatic N) is 1. The molecule has 0 aliphatic rings. The van der Waals surface area contributed by atoms with Gasteiger partial charge in [-0.2, -0.15) is 0 Å². The number of thioether (sulfide) groups is 1. The normalized spacial score (nSPS) is 10.4. The zero-order chi connectivity index (χ0) is 15.2. The molecule has 0 radical (unpaired) electrons. The molecule has 0 fully saturated rings. The van der Waals surface area contributed by atoms with Gasteiger partial charge in [-0.1, -0.05) is 12.1 Å². The maximum absolute atomic E-state index is 10.8. The smallest absolute Gasteiger partial charge is 0.270 e. The number of ether oxygens (including phenoxy) is 1. The summed E-state index contributed by atoms with van der Waals surface area (Å²) < 4.78 is 5.24. The van der Waals surface area contributed by atoms with E-state index in [1.807, 2.05) is 24.3 Å². The van der Waals surface area contributed by atoms with Crippen molar-refractivity contribution in [1.29, 1.82) is 0 Å². The molecule has 0 atom stereocenters. The van der Waals surface area contributed by atoms with Crippen molar-refractivity contribution in [1.82, 2.24) is 0 Å². The number of methoxy groups -OCH3 is 1. The summed E-state index contributed by atoms with van der Waals surface area (Å²) in [5.74, 6) is 1.19. The average molecular weight is 305 g/mol. The van der Waals surface area contributed by atoms with Gasteiger partial charge in [0.25, 0.3) is 5.69 Å². The van der Waals surface area contributed by atoms with E-state index in [2.05, 4.69) is 0 Å². The standard InChI is InChI=1S/C15H15NO4S/c1-20-15-6-5-13(16(18)19)8-12(15)10-21-14-4-2-3-11(7-14)9-17/h2-8,17H,9-10H2,1H3. The number of rotatable bonds is 6. The lowest BCUT2D eigenvalue weighted by Crippen LogP contribution is -1.94. The molecule has 2 aromatic carbocycles. The fraction of sp³-hybridized carbons (Fsp3) is 0.200. The van der Waals surface area contributed by atoms with Crippen molar-refractivity contribution in [2.45, 2.75) is 17.3 Å². The van der Waals surface area contributed by atoms with Gasteiger partial charge in [0.05, 0.1) is 18.6 Å². The van der Waals surface area contributed by atoms with Crippen molar-refractivity contribution >= 4 is 17.4 Å². The number of hydrogen-bond acceptors (Lipinski definition) is 5. The first kappa shape index (κ1) is 15.3. The molecule has 0 aromatic heterocycles. The first-order valence-corrected chi connectivity index (χ1v) is 7.26. The second-order valence-corrected chi connectivity index (χ2v) is 5.40. The highest BCUT2D eigenvalue weighted by molar-refractivity contribution is 7.98. The van der Waals surface area contributed by atoms with Crippen molar-refractivity contribution in [2.75, 3.05) is 7.11 Å². The van der Waals surface area contributed by atoms with Gasteiger partial charge in [0.15, 0.2) is 0 Å². The minimum Gasteiger partial charge on any atom is -0.496 e. The highest BCUT2D eigenvalue weighted by Gasteiger charge is 2.11. The molecular weight excluding hydrogens is 290 g/mol. The van der Waals surface area contributed by atoms with Gasteiger partial charge in [-0.3, -0.25) is 10.1 Å². The Morgan fingerprint density at radius 3 is 2.76 bits per heavy atom. The van der Waals surface area contributed by atoms with E-state index >= 15 is 0 Å². The average Bonchev–Trinajstić information content (AvgIpc) is 2.52. The van der Waals surface area contributed by atoms with Crippen molar-refractivity contribution in [2.24, 2.45) is 0 Å². The molecule has 0 aliphatic carbocycles. The molecule has 21 heavy (non-hydrogen) atoms. The van der Waals surface area contributed by atoms with Crippen LogP contribution in [0.1, 0.15) is 11.1 Å². The molecule has 1 N–H and O–H groups in total. The Bertz CT molecular complexity index is 645. The van der Waals surface area contributed by atoms with Gasteiger partial charge in [-0.25, -0.2) is 0 Å². The van der Waals surface area contributed by atoms with Gasteiger partial charge in [-0.05, 0) is 23.8 Å². The quantitative estimate of drug-likeness (QED) is 0.503. The van der Waals surface area contributed by atoms with Crippen molar-refractivity contribution in [3.8, 4) is 5.75 Å². The van der Waals surface area contributed by atoms with Crippen LogP contribution in [0.5, 0.6) is 5.75 Å². The molecule has 0 heterocycles. The first-order chi connectivity index (χ1) is 10.1. The molecule has 0 saturated carbocycles. The van der Waals surface area contributed by atoms with E-state index in [9.17, 15) is 10.1 Å². The molecule has 0 spiro atoms. The molecule has 2 rings (SSSR count). The summed E-state index contributed by atoms with van der Waals surface area (Å²) in [6, 6.07) is 12.1. The molecule has 0 saturated heterocycles. The van der Waals surface area contributed by atoms with Crippen LogP contribution in [0.4, 0.5) is 5.69 Å². The SMILES string of the molecule is COc1ccc([N+](=O)[O-])cc1CSc1cccc(CO)c1. The maximum atomic E-state index is 10.8. The molecule has 110 valence electrons. The highest BCUT2D eigenvalue weighted by atomic mass is 32.2. The Balaban J connectivity index is 2.17. The maximum Gasteiger partial charge on any atom is 0.270 e. The third kappa shape index (κ3) is 3.96. The molecule has 0 aliphatic heterocycles. The summed E-state index contributed by atoms with van der Waals surface area (Å²) in [6.45, 7) is -0.00543. The monoisotopic (exact) mass is 305 g/mol. The van der Waals surface area contributed by atoms with Crippen LogP contribution in [0.15, 0.2) is 47.4 Å². The summed E-state index contributed by atoms with van der Waals surface area (Å²) >= 11 is 1.54. The van der Waals surface area contributed by atoms with Crippen LogP contribution in [0.2, 0.25) is 0 Å². The van der Waals surface area contributed by atoms with Crippen LogP contribution >= 0.6 is 11.8 Å². The number of nitro groups is 1. The number of aliphatic hydroxyl groups excluding tert-OH is 1. The third-order valence-electron chi connectivity index (χ3n) is 2.95. The minimum absolute atomic E-state index is 0.00543. The topological polar surface area (TPSA) is 72.6 Å². The highest BCUT2D eigenvalue weighted by Crippen LogP contribution is 2.31. The Labute approximate surface area is 126 Å². The van der Waals surface area contributed by atoms with E-state index in [0.717, 1.165) is 16.0 Å². The summed E-state index contributed by atoms with van der Waals surface area (Å²) in [4.78, 5) is 11.4. The van der Waals surface area contributed by atoms with Crippen molar-refractivity contribution in [3.63, 3.8) is 0 Å². The summed E-state index contributed by atoms with van der Waals surface area (Å²) in [5.41, 5.74) is 1.66. The van der Waals surface area contributed by atoms with Gasteiger partial charge >= 0.3 is 0 Å². The van der Waals surface area contributed by atoms with Crippen molar-refractivity contribution < 1.29 is 14.8 Å². The van der Waals surface area contributed by atoms with Gasteiger partial charge in [0.1, 0.15) is 5.75 Å². The summed E-state index contributed by atoms with van der Waals surface area (Å²) in [5, 5.41) is 20.0. The van der Waals surface area contributed by atoms with E-state index in [0.29, 0.717) is 11.5 Å². The van der Waals surface area contributed by atoms with Crippen LogP contribution in [0.3, 0.4) is 0 Å². The molecule has 6 heteroatoms. The zero-order valence-corrected chi connectivity index (χ0v) is 12.3. The Morgan fingerprint density at radius 1 is 1.29 bits per heavy atom. The predicted molar refractivity (Wildman–Crippen MR) is 81.6 cm³/mol. The van der Waals surface area contributed by atoms with Gasteiger partial charge in [0.2, 0.25) is 0 Å².